The van der Waals surface area contributed by atoms with E-state index in [9.17, 15) is 0 Å². The van der Waals surface area contributed by atoms with E-state index in [-0.39, 0.29) is 5.41 Å². The molecule has 1 aromatic carbocycles. The molecule has 1 heterocycles. The van der Waals surface area contributed by atoms with Gasteiger partial charge in [-0.25, -0.2) is 0 Å². The molecule has 1 aromatic rings. The van der Waals surface area contributed by atoms with Gasteiger partial charge in [0.15, 0.2) is 0 Å². The van der Waals surface area contributed by atoms with Gasteiger partial charge in [0.2, 0.25) is 0 Å². The van der Waals surface area contributed by atoms with Gasteiger partial charge in [-0.1, -0.05) is 56.4 Å². The van der Waals surface area contributed by atoms with E-state index in [0.29, 0.717) is 5.92 Å². The zero-order valence-corrected chi connectivity index (χ0v) is 11.8. The number of hydrogen-bond acceptors (Lipinski definition) is 1. The Morgan fingerprint density at radius 3 is 2.56 bits per heavy atom. The molecule has 0 fully saturated rings. The van der Waals surface area contributed by atoms with Crippen molar-refractivity contribution in [2.75, 3.05) is 4.90 Å². The predicted molar refractivity (Wildman–Crippen MR) is 82.7 cm³/mol. The second-order valence-electron chi connectivity index (χ2n) is 5.28. The van der Waals surface area contributed by atoms with Crippen molar-refractivity contribution < 1.29 is 0 Å². The van der Waals surface area contributed by atoms with E-state index in [1.165, 1.54) is 0 Å². The summed E-state index contributed by atoms with van der Waals surface area (Å²) in [6.07, 6.45) is 7.25. The summed E-state index contributed by atoms with van der Waals surface area (Å²) in [6.45, 7) is 8.33. The zero-order valence-electron chi connectivity index (χ0n) is 11.0. The maximum atomic E-state index is 5.54. The summed E-state index contributed by atoms with van der Waals surface area (Å²) in [6, 6.07) is 10.2. The molecule has 2 rings (SSSR count). The molecular weight excluding hydrogens is 238 g/mol. The molecule has 2 heteroatoms. The van der Waals surface area contributed by atoms with Crippen molar-refractivity contribution >= 4 is 22.9 Å². The highest BCUT2D eigenvalue weighted by molar-refractivity contribution is 7.80. The van der Waals surface area contributed by atoms with Gasteiger partial charge in [0, 0.05) is 18.3 Å². The molecule has 0 N–H and O–H groups in total. The van der Waals surface area contributed by atoms with Crippen molar-refractivity contribution in [2.24, 2.45) is 11.3 Å². The molecule has 1 aliphatic heterocycles. The Labute approximate surface area is 115 Å². The van der Waals surface area contributed by atoms with E-state index in [4.69, 9.17) is 12.2 Å². The molecule has 0 aliphatic carbocycles. The minimum absolute atomic E-state index is 0.0866. The summed E-state index contributed by atoms with van der Waals surface area (Å²) in [5, 5.41) is 0. The van der Waals surface area contributed by atoms with Crippen LogP contribution in [0.25, 0.3) is 0 Å². The number of thiocarbonyl (C=S) groups is 1. The van der Waals surface area contributed by atoms with Crippen LogP contribution >= 0.6 is 12.2 Å². The lowest BCUT2D eigenvalue weighted by Gasteiger charge is -2.35. The lowest BCUT2D eigenvalue weighted by Crippen LogP contribution is -2.34. The predicted octanol–water partition coefficient (Wildman–Crippen LogP) is 4.57. The molecule has 0 saturated carbocycles. The molecule has 0 amide bonds. The fourth-order valence-corrected chi connectivity index (χ4v) is 2.45. The summed E-state index contributed by atoms with van der Waals surface area (Å²) < 4.78 is 0. The first-order valence-corrected chi connectivity index (χ1v) is 6.64. The summed E-state index contributed by atoms with van der Waals surface area (Å²) in [5.74, 6) is 0.433. The van der Waals surface area contributed by atoms with Crippen molar-refractivity contribution in [3.8, 4) is 0 Å². The van der Waals surface area contributed by atoms with E-state index in [0.717, 1.165) is 17.1 Å². The highest BCUT2D eigenvalue weighted by Gasteiger charge is 2.29. The van der Waals surface area contributed by atoms with Gasteiger partial charge in [0.1, 0.15) is 0 Å². The quantitative estimate of drug-likeness (QED) is 0.576. The van der Waals surface area contributed by atoms with E-state index in [1.807, 2.05) is 24.3 Å². The van der Waals surface area contributed by atoms with Crippen LogP contribution in [0.4, 0.5) is 5.69 Å². The molecule has 18 heavy (non-hydrogen) atoms. The average Bonchev–Trinajstić information content (AvgIpc) is 2.39. The number of anilines is 1. The Kier molecular flexibility index (Phi) is 3.67. The SMILES string of the molecule is C=CC(C)(C)C1C=CN(c2ccccc2)C(=S)C1. The van der Waals surface area contributed by atoms with Crippen LogP contribution in [0.5, 0.6) is 0 Å². The largest absolute Gasteiger partial charge is 0.312 e. The van der Waals surface area contributed by atoms with Crippen LogP contribution < -0.4 is 4.90 Å². The number of para-hydroxylation sites is 1. The Hall–Kier alpha value is -1.41. The van der Waals surface area contributed by atoms with Gasteiger partial charge < -0.3 is 4.90 Å². The molecule has 94 valence electrons. The van der Waals surface area contributed by atoms with Crippen molar-refractivity contribution in [3.05, 3.63) is 55.3 Å². The van der Waals surface area contributed by atoms with E-state index < -0.39 is 0 Å². The maximum Gasteiger partial charge on any atom is 0.0870 e. The third kappa shape index (κ3) is 2.54. The van der Waals surface area contributed by atoms with Crippen LogP contribution in [0.3, 0.4) is 0 Å². The van der Waals surface area contributed by atoms with Crippen LogP contribution in [-0.4, -0.2) is 4.99 Å². The van der Waals surface area contributed by atoms with Crippen molar-refractivity contribution in [2.45, 2.75) is 20.3 Å². The molecule has 0 aromatic heterocycles. The van der Waals surface area contributed by atoms with E-state index in [1.54, 1.807) is 0 Å². The normalized spacial score (nSPS) is 20.0. The van der Waals surface area contributed by atoms with Gasteiger partial charge in [-0.3, -0.25) is 0 Å². The number of rotatable bonds is 3. The average molecular weight is 257 g/mol. The first-order valence-electron chi connectivity index (χ1n) is 6.23. The second-order valence-corrected chi connectivity index (χ2v) is 5.75. The number of hydrogen-bond donors (Lipinski definition) is 0. The molecule has 1 nitrogen and oxygen atoms in total. The van der Waals surface area contributed by atoms with Gasteiger partial charge in [0.25, 0.3) is 0 Å². The lowest BCUT2D eigenvalue weighted by molar-refractivity contribution is 0.350. The van der Waals surface area contributed by atoms with Crippen LogP contribution in [0, 0.1) is 11.3 Å². The third-order valence-corrected chi connectivity index (χ3v) is 4.01. The third-order valence-electron chi connectivity index (χ3n) is 3.65. The summed E-state index contributed by atoms with van der Waals surface area (Å²) in [5.41, 5.74) is 1.22. The standard InChI is InChI=1S/C16H19NS/c1-4-16(2,3)13-10-11-17(15(18)12-13)14-8-6-5-7-9-14/h4-11,13H,1,12H2,2-3H3. The number of allylic oxidation sites excluding steroid dienone is 2. The van der Waals surface area contributed by atoms with Crippen LogP contribution in [0.15, 0.2) is 55.3 Å². The van der Waals surface area contributed by atoms with Crippen LogP contribution in [-0.2, 0) is 0 Å². The highest BCUT2D eigenvalue weighted by Crippen LogP contribution is 2.35. The smallest absolute Gasteiger partial charge is 0.0870 e. The monoisotopic (exact) mass is 257 g/mol. The number of benzene rings is 1. The summed E-state index contributed by atoms with van der Waals surface area (Å²) >= 11 is 5.54. The van der Waals surface area contributed by atoms with Gasteiger partial charge >= 0.3 is 0 Å². The molecular formula is C16H19NS. The first-order chi connectivity index (χ1) is 8.54. The van der Waals surface area contributed by atoms with E-state index >= 15 is 0 Å². The number of nitrogens with zero attached hydrogens (tertiary/aromatic N) is 1. The molecule has 0 saturated heterocycles. The first kappa shape index (κ1) is 13.0. The van der Waals surface area contributed by atoms with Crippen molar-refractivity contribution in [1.82, 2.24) is 0 Å². The van der Waals surface area contributed by atoms with Gasteiger partial charge in [-0.2, -0.15) is 0 Å². The molecule has 1 atom stereocenters. The summed E-state index contributed by atoms with van der Waals surface area (Å²) in [4.78, 5) is 3.06. The summed E-state index contributed by atoms with van der Waals surface area (Å²) in [7, 11) is 0. The Balaban J connectivity index is 2.23. The van der Waals surface area contributed by atoms with Gasteiger partial charge in [-0.15, -0.1) is 6.58 Å². The minimum Gasteiger partial charge on any atom is -0.312 e. The fourth-order valence-electron chi connectivity index (χ4n) is 2.11. The topological polar surface area (TPSA) is 3.24 Å². The molecule has 0 bridgehead atoms. The Morgan fingerprint density at radius 2 is 2.00 bits per heavy atom. The van der Waals surface area contributed by atoms with Crippen LogP contribution in [0.1, 0.15) is 20.3 Å². The molecule has 0 spiro atoms. The highest BCUT2D eigenvalue weighted by atomic mass is 32.1. The van der Waals surface area contributed by atoms with Gasteiger partial charge in [0.05, 0.1) is 4.99 Å². The molecule has 0 radical (unpaired) electrons. The minimum atomic E-state index is 0.0866. The van der Waals surface area contributed by atoms with Crippen LogP contribution in [0.2, 0.25) is 0 Å². The second kappa shape index (κ2) is 5.07. The lowest BCUT2D eigenvalue weighted by atomic mass is 9.76. The Bertz CT molecular complexity index is 473. The van der Waals surface area contributed by atoms with E-state index in [2.05, 4.69) is 49.7 Å². The fraction of sp³-hybridized carbons (Fsp3) is 0.312. The molecule has 1 aliphatic rings. The van der Waals surface area contributed by atoms with Crippen molar-refractivity contribution in [3.63, 3.8) is 0 Å². The van der Waals surface area contributed by atoms with Crippen molar-refractivity contribution in [1.29, 1.82) is 0 Å². The Morgan fingerprint density at radius 1 is 1.33 bits per heavy atom. The molecule has 1 unspecified atom stereocenters. The maximum absolute atomic E-state index is 5.54. The zero-order chi connectivity index (χ0) is 13.2. The van der Waals surface area contributed by atoms with Gasteiger partial charge in [-0.05, 0) is 23.5 Å².